The molecule has 0 unspecified atom stereocenters. The number of epoxide rings is 2. The van der Waals surface area contributed by atoms with Gasteiger partial charge in [-0.3, -0.25) is 4.79 Å². The van der Waals surface area contributed by atoms with Gasteiger partial charge >= 0.3 is 17.9 Å². The molecule has 3 fully saturated rings. The molecule has 0 N–H and O–H groups in total. The SMILES string of the molecule is C=C(C)[C@H]1C[C@@H]2O[C@]2(C)[C@@H](OC(=O)/C(C)=C\C)C[C@H]2O[C@@]2(C)[C@@H](OC(=O)/C(C)=C\C)[C@H]1OC(C)=O. The summed E-state index contributed by atoms with van der Waals surface area (Å²) in [5.74, 6) is -1.78. The maximum atomic E-state index is 12.8. The van der Waals surface area contributed by atoms with Gasteiger partial charge in [0.25, 0.3) is 0 Å². The lowest BCUT2D eigenvalue weighted by Gasteiger charge is -2.36. The second-order valence-corrected chi connectivity index (χ2v) is 10.2. The number of carbonyl (C=O) groups excluding carboxylic acids is 3. The molecule has 0 aromatic heterocycles. The molecule has 0 radical (unpaired) electrons. The van der Waals surface area contributed by atoms with E-state index in [4.69, 9.17) is 23.7 Å². The first-order valence-corrected chi connectivity index (χ1v) is 12.1. The number of hydrogen-bond acceptors (Lipinski definition) is 8. The summed E-state index contributed by atoms with van der Waals surface area (Å²) < 4.78 is 29.9. The zero-order valence-electron chi connectivity index (χ0n) is 22.0. The monoisotopic (exact) mass is 490 g/mol. The smallest absolute Gasteiger partial charge is 0.333 e. The largest absolute Gasteiger partial charge is 0.458 e. The standard InChI is InChI=1S/C27H38O8/c1-10-15(5)24(29)32-19-13-21-27(9,35-21)23(33-25(30)16(6)11-2)22(31-17(7)28)18(14(3)4)12-20-26(19,8)34-20/h10-11,18-23H,3,12-13H2,1-2,4-9H3/b15-10-,16-11-/t18-,19+,20+,21-,22+,23+,26-,27-/m1/s1. The van der Waals surface area contributed by atoms with Crippen LogP contribution in [0.2, 0.25) is 0 Å². The third-order valence-electron chi connectivity index (χ3n) is 7.68. The fourth-order valence-corrected chi connectivity index (χ4v) is 4.81. The molecule has 194 valence electrons. The van der Waals surface area contributed by atoms with Crippen molar-refractivity contribution in [3.8, 4) is 0 Å². The fourth-order valence-electron chi connectivity index (χ4n) is 4.81. The minimum atomic E-state index is -0.949. The van der Waals surface area contributed by atoms with E-state index in [2.05, 4.69) is 6.58 Å². The van der Waals surface area contributed by atoms with Crippen molar-refractivity contribution in [1.29, 1.82) is 0 Å². The third-order valence-corrected chi connectivity index (χ3v) is 7.68. The van der Waals surface area contributed by atoms with Crippen LogP contribution in [0.3, 0.4) is 0 Å². The molecular formula is C27H38O8. The third kappa shape index (κ3) is 5.38. The molecule has 2 aliphatic heterocycles. The number of rotatable bonds is 6. The van der Waals surface area contributed by atoms with E-state index in [1.807, 2.05) is 20.8 Å². The van der Waals surface area contributed by atoms with Gasteiger partial charge in [0.2, 0.25) is 0 Å². The maximum absolute atomic E-state index is 12.8. The van der Waals surface area contributed by atoms with Crippen LogP contribution in [0.1, 0.15) is 68.2 Å². The number of fused-ring (bicyclic) bond motifs is 2. The van der Waals surface area contributed by atoms with Crippen LogP contribution in [0.5, 0.6) is 0 Å². The Labute approximate surface area is 207 Å². The van der Waals surface area contributed by atoms with E-state index in [1.54, 1.807) is 39.8 Å². The number of ether oxygens (including phenoxy) is 5. The van der Waals surface area contributed by atoms with E-state index in [9.17, 15) is 14.4 Å². The van der Waals surface area contributed by atoms with Gasteiger partial charge in [-0.2, -0.15) is 0 Å². The predicted octanol–water partition coefficient (Wildman–Crippen LogP) is 3.98. The molecule has 8 nitrogen and oxygen atoms in total. The molecule has 0 aromatic carbocycles. The highest BCUT2D eigenvalue weighted by Gasteiger charge is 2.69. The molecular weight excluding hydrogens is 452 g/mol. The fraction of sp³-hybridized carbons (Fsp3) is 0.667. The summed E-state index contributed by atoms with van der Waals surface area (Å²) in [5.41, 5.74) is 0.0396. The average Bonchev–Trinajstić information content (AvgIpc) is 3.66. The zero-order valence-corrected chi connectivity index (χ0v) is 22.0. The highest BCUT2D eigenvalue weighted by Crippen LogP contribution is 2.54. The Bertz CT molecular complexity index is 964. The summed E-state index contributed by atoms with van der Waals surface area (Å²) in [7, 11) is 0. The molecule has 8 heteroatoms. The van der Waals surface area contributed by atoms with Crippen LogP contribution in [0.25, 0.3) is 0 Å². The molecule has 2 heterocycles. The van der Waals surface area contributed by atoms with Gasteiger partial charge in [0.15, 0.2) is 6.10 Å². The lowest BCUT2D eigenvalue weighted by Crippen LogP contribution is -2.51. The summed E-state index contributed by atoms with van der Waals surface area (Å²) in [6, 6.07) is 0. The van der Waals surface area contributed by atoms with Gasteiger partial charge in [0.05, 0.1) is 12.2 Å². The molecule has 1 aliphatic carbocycles. The van der Waals surface area contributed by atoms with E-state index in [1.165, 1.54) is 6.92 Å². The summed E-state index contributed by atoms with van der Waals surface area (Å²) in [6.07, 6.45) is 1.24. The number of hydrogen-bond donors (Lipinski definition) is 0. The van der Waals surface area contributed by atoms with Crippen molar-refractivity contribution < 1.29 is 38.1 Å². The minimum absolute atomic E-state index is 0.261. The molecule has 1 saturated carbocycles. The van der Waals surface area contributed by atoms with Gasteiger partial charge < -0.3 is 23.7 Å². The van der Waals surface area contributed by atoms with Crippen molar-refractivity contribution in [3.05, 3.63) is 35.5 Å². The van der Waals surface area contributed by atoms with Crippen molar-refractivity contribution in [2.75, 3.05) is 0 Å². The van der Waals surface area contributed by atoms with Gasteiger partial charge in [-0.25, -0.2) is 9.59 Å². The quantitative estimate of drug-likeness (QED) is 0.181. The number of esters is 3. The predicted molar refractivity (Wildman–Crippen MR) is 128 cm³/mol. The highest BCUT2D eigenvalue weighted by atomic mass is 16.7. The van der Waals surface area contributed by atoms with Gasteiger partial charge in [0, 0.05) is 30.4 Å². The summed E-state index contributed by atoms with van der Waals surface area (Å²) in [5, 5.41) is 0. The van der Waals surface area contributed by atoms with Gasteiger partial charge in [-0.1, -0.05) is 24.3 Å². The minimum Gasteiger partial charge on any atom is -0.458 e. The number of allylic oxidation sites excluding steroid dienone is 2. The Morgan fingerprint density at radius 2 is 1.34 bits per heavy atom. The Morgan fingerprint density at radius 3 is 1.86 bits per heavy atom. The lowest BCUT2D eigenvalue weighted by atomic mass is 9.77. The Hall–Kier alpha value is -2.45. The highest BCUT2D eigenvalue weighted by molar-refractivity contribution is 5.88. The Kier molecular flexibility index (Phi) is 7.67. The Balaban J connectivity index is 2.02. The first-order chi connectivity index (χ1) is 16.3. The van der Waals surface area contributed by atoms with Crippen molar-refractivity contribution in [3.63, 3.8) is 0 Å². The van der Waals surface area contributed by atoms with Crippen LogP contribution < -0.4 is 0 Å². The van der Waals surface area contributed by atoms with Crippen LogP contribution in [-0.4, -0.2) is 59.6 Å². The van der Waals surface area contributed by atoms with Crippen LogP contribution in [0.15, 0.2) is 35.5 Å². The first-order valence-electron chi connectivity index (χ1n) is 12.1. The molecule has 3 aliphatic rings. The van der Waals surface area contributed by atoms with Crippen molar-refractivity contribution >= 4 is 17.9 Å². The van der Waals surface area contributed by atoms with E-state index >= 15 is 0 Å². The normalized spacial score (nSPS) is 38.9. The van der Waals surface area contributed by atoms with Crippen molar-refractivity contribution in [2.24, 2.45) is 5.92 Å². The molecule has 3 rings (SSSR count). The molecule has 35 heavy (non-hydrogen) atoms. The van der Waals surface area contributed by atoms with E-state index in [0.29, 0.717) is 24.0 Å². The molecule has 0 aromatic rings. The molecule has 2 saturated heterocycles. The van der Waals surface area contributed by atoms with E-state index in [-0.39, 0.29) is 12.0 Å². The molecule has 0 amide bonds. The van der Waals surface area contributed by atoms with Crippen LogP contribution in [0.4, 0.5) is 0 Å². The average molecular weight is 491 g/mol. The van der Waals surface area contributed by atoms with Crippen LogP contribution in [0, 0.1) is 5.92 Å². The van der Waals surface area contributed by atoms with E-state index < -0.39 is 53.5 Å². The van der Waals surface area contributed by atoms with Crippen LogP contribution in [-0.2, 0) is 38.1 Å². The summed E-state index contributed by atoms with van der Waals surface area (Å²) >= 11 is 0. The topological polar surface area (TPSA) is 104 Å². The van der Waals surface area contributed by atoms with Crippen molar-refractivity contribution in [2.45, 2.75) is 110 Å². The first kappa shape index (κ1) is 27.1. The van der Waals surface area contributed by atoms with Gasteiger partial charge in [-0.15, -0.1) is 0 Å². The summed E-state index contributed by atoms with van der Waals surface area (Å²) in [4.78, 5) is 37.6. The molecule has 0 bridgehead atoms. The number of carbonyl (C=O) groups is 3. The molecule has 8 atom stereocenters. The summed E-state index contributed by atoms with van der Waals surface area (Å²) in [6.45, 7) is 18.0. The van der Waals surface area contributed by atoms with Crippen LogP contribution >= 0.6 is 0 Å². The van der Waals surface area contributed by atoms with Gasteiger partial charge in [-0.05, 0) is 54.9 Å². The van der Waals surface area contributed by atoms with Gasteiger partial charge in [0.1, 0.15) is 23.4 Å². The Morgan fingerprint density at radius 1 is 0.829 bits per heavy atom. The van der Waals surface area contributed by atoms with E-state index in [0.717, 1.165) is 5.57 Å². The zero-order chi connectivity index (χ0) is 26.3. The lowest BCUT2D eigenvalue weighted by molar-refractivity contribution is -0.174. The molecule has 0 spiro atoms. The second kappa shape index (κ2) is 9.90. The maximum Gasteiger partial charge on any atom is 0.333 e. The van der Waals surface area contributed by atoms with Crippen molar-refractivity contribution in [1.82, 2.24) is 0 Å². The second-order valence-electron chi connectivity index (χ2n) is 10.2.